The van der Waals surface area contributed by atoms with E-state index >= 15 is 0 Å². The maximum absolute atomic E-state index is 13.3. The van der Waals surface area contributed by atoms with Gasteiger partial charge >= 0.3 is 5.97 Å². The molecular weight excluding hydrogens is 386 g/mol. The number of anilines is 1. The summed E-state index contributed by atoms with van der Waals surface area (Å²) in [7, 11) is 0. The minimum atomic E-state index is -1.58. The van der Waals surface area contributed by atoms with Crippen molar-refractivity contribution in [3.8, 4) is 0 Å². The summed E-state index contributed by atoms with van der Waals surface area (Å²) in [4.78, 5) is 54.4. The quantitative estimate of drug-likeness (QED) is 0.689. The maximum atomic E-state index is 13.3. The van der Waals surface area contributed by atoms with Gasteiger partial charge in [0.05, 0.1) is 11.3 Å². The summed E-state index contributed by atoms with van der Waals surface area (Å²) in [6.45, 7) is 7.03. The highest BCUT2D eigenvalue weighted by Gasteiger charge is 2.62. The molecule has 0 saturated carbocycles. The summed E-state index contributed by atoms with van der Waals surface area (Å²) in [5.41, 5.74) is -0.803. The SMILES string of the molecule is CCC[C@@H](C)NC(=O)COC(=O)[C@@]12CCC(=O)N1c1ccccc1C(=O)N2C(C)C. The van der Waals surface area contributed by atoms with E-state index in [2.05, 4.69) is 5.32 Å². The zero-order valence-corrected chi connectivity index (χ0v) is 17.9. The Morgan fingerprint density at radius 1 is 1.20 bits per heavy atom. The molecule has 0 aliphatic carbocycles. The second-order valence-electron chi connectivity index (χ2n) is 8.17. The summed E-state index contributed by atoms with van der Waals surface area (Å²) >= 11 is 0. The van der Waals surface area contributed by atoms with Gasteiger partial charge in [0.25, 0.3) is 11.8 Å². The van der Waals surface area contributed by atoms with E-state index in [1.165, 1.54) is 9.80 Å². The molecule has 2 aliphatic rings. The Labute approximate surface area is 176 Å². The van der Waals surface area contributed by atoms with Crippen LogP contribution in [0.4, 0.5) is 5.69 Å². The van der Waals surface area contributed by atoms with E-state index in [1.807, 2.05) is 13.8 Å². The lowest BCUT2D eigenvalue weighted by Crippen LogP contribution is -2.70. The van der Waals surface area contributed by atoms with Crippen molar-refractivity contribution in [3.05, 3.63) is 29.8 Å². The number of nitrogens with zero attached hydrogens (tertiary/aromatic N) is 2. The van der Waals surface area contributed by atoms with Crippen LogP contribution in [0, 0.1) is 0 Å². The van der Waals surface area contributed by atoms with Gasteiger partial charge in [-0.2, -0.15) is 0 Å². The van der Waals surface area contributed by atoms with E-state index in [-0.39, 0.29) is 36.7 Å². The summed E-state index contributed by atoms with van der Waals surface area (Å²) in [6.07, 6.45) is 1.97. The molecule has 3 rings (SSSR count). The molecule has 8 nitrogen and oxygen atoms in total. The van der Waals surface area contributed by atoms with Crippen LogP contribution in [0.2, 0.25) is 0 Å². The average Bonchev–Trinajstić information content (AvgIpc) is 3.04. The number of rotatable bonds is 7. The van der Waals surface area contributed by atoms with Gasteiger partial charge in [-0.05, 0) is 39.3 Å². The van der Waals surface area contributed by atoms with Crippen molar-refractivity contribution in [2.24, 2.45) is 0 Å². The van der Waals surface area contributed by atoms with E-state index in [1.54, 1.807) is 38.1 Å². The monoisotopic (exact) mass is 415 g/mol. The Morgan fingerprint density at radius 2 is 1.90 bits per heavy atom. The Bertz CT molecular complexity index is 868. The van der Waals surface area contributed by atoms with Crippen LogP contribution < -0.4 is 10.2 Å². The van der Waals surface area contributed by atoms with Crippen molar-refractivity contribution >= 4 is 29.4 Å². The lowest BCUT2D eigenvalue weighted by molar-refractivity contribution is -0.161. The molecule has 1 aromatic carbocycles. The maximum Gasteiger partial charge on any atom is 0.354 e. The predicted octanol–water partition coefficient (Wildman–Crippen LogP) is 2.22. The molecule has 0 radical (unpaired) electrons. The van der Waals surface area contributed by atoms with Gasteiger partial charge in [0, 0.05) is 24.9 Å². The molecule has 2 heterocycles. The van der Waals surface area contributed by atoms with Crippen LogP contribution >= 0.6 is 0 Å². The fourth-order valence-electron chi connectivity index (χ4n) is 4.44. The van der Waals surface area contributed by atoms with Crippen LogP contribution in [0.3, 0.4) is 0 Å². The summed E-state index contributed by atoms with van der Waals surface area (Å²) < 4.78 is 5.38. The van der Waals surface area contributed by atoms with Crippen molar-refractivity contribution in [2.45, 2.75) is 71.1 Å². The third-order valence-electron chi connectivity index (χ3n) is 5.61. The molecule has 0 aromatic heterocycles. The number of benzene rings is 1. The van der Waals surface area contributed by atoms with Crippen molar-refractivity contribution in [1.82, 2.24) is 10.2 Å². The minimum absolute atomic E-state index is 0.0285. The zero-order chi connectivity index (χ0) is 22.1. The van der Waals surface area contributed by atoms with Gasteiger partial charge in [-0.3, -0.25) is 19.3 Å². The Kier molecular flexibility index (Phi) is 6.14. The smallest absolute Gasteiger partial charge is 0.354 e. The van der Waals surface area contributed by atoms with Gasteiger partial charge in [-0.25, -0.2) is 4.79 Å². The van der Waals surface area contributed by atoms with Gasteiger partial charge < -0.3 is 15.0 Å². The molecule has 8 heteroatoms. The first kappa shape index (κ1) is 21.8. The minimum Gasteiger partial charge on any atom is -0.452 e. The highest BCUT2D eigenvalue weighted by atomic mass is 16.5. The number of fused-ring (bicyclic) bond motifs is 3. The number of esters is 1. The van der Waals surface area contributed by atoms with Crippen molar-refractivity contribution in [2.75, 3.05) is 11.5 Å². The van der Waals surface area contributed by atoms with E-state index in [0.29, 0.717) is 11.3 Å². The van der Waals surface area contributed by atoms with Crippen molar-refractivity contribution in [3.63, 3.8) is 0 Å². The largest absolute Gasteiger partial charge is 0.452 e. The van der Waals surface area contributed by atoms with E-state index in [9.17, 15) is 19.2 Å². The van der Waals surface area contributed by atoms with E-state index in [0.717, 1.165) is 12.8 Å². The Hall–Kier alpha value is -2.90. The number of amides is 3. The highest BCUT2D eigenvalue weighted by molar-refractivity contribution is 6.15. The fourth-order valence-corrected chi connectivity index (χ4v) is 4.44. The van der Waals surface area contributed by atoms with Crippen LogP contribution in [-0.2, 0) is 19.1 Å². The molecule has 3 amide bonds. The van der Waals surface area contributed by atoms with Crippen LogP contribution in [0.15, 0.2) is 24.3 Å². The Morgan fingerprint density at radius 3 is 2.57 bits per heavy atom. The summed E-state index contributed by atoms with van der Waals surface area (Å²) in [6, 6.07) is 6.38. The molecule has 162 valence electrons. The van der Waals surface area contributed by atoms with Gasteiger partial charge in [-0.1, -0.05) is 25.5 Å². The number of nitrogens with one attached hydrogen (secondary N) is 1. The second kappa shape index (κ2) is 8.45. The van der Waals surface area contributed by atoms with Gasteiger partial charge in [0.1, 0.15) is 0 Å². The van der Waals surface area contributed by atoms with Gasteiger partial charge in [0.15, 0.2) is 6.61 Å². The molecule has 1 N–H and O–H groups in total. The highest BCUT2D eigenvalue weighted by Crippen LogP contribution is 2.45. The van der Waals surface area contributed by atoms with Crippen molar-refractivity contribution in [1.29, 1.82) is 0 Å². The van der Waals surface area contributed by atoms with Crippen LogP contribution in [0.25, 0.3) is 0 Å². The van der Waals surface area contributed by atoms with Crippen molar-refractivity contribution < 1.29 is 23.9 Å². The lowest BCUT2D eigenvalue weighted by atomic mass is 9.95. The second-order valence-corrected chi connectivity index (χ2v) is 8.17. The number of hydrogen-bond acceptors (Lipinski definition) is 5. The molecule has 0 bridgehead atoms. The molecule has 2 aliphatic heterocycles. The summed E-state index contributed by atoms with van der Waals surface area (Å²) in [5.74, 6) is -1.75. The standard InChI is InChI=1S/C22H29N3O5/c1-5-8-15(4)23-18(26)13-30-21(29)22-12-11-19(27)25(22)17-10-7-6-9-16(17)20(28)24(22)14(2)3/h6-7,9-10,14-15H,5,8,11-13H2,1-4H3,(H,23,26)/t15-,22-/m1/s1. The molecule has 1 fully saturated rings. The predicted molar refractivity (Wildman–Crippen MR) is 111 cm³/mol. The number of ether oxygens (including phenoxy) is 1. The molecule has 0 spiro atoms. The van der Waals surface area contributed by atoms with Crippen LogP contribution in [0.5, 0.6) is 0 Å². The van der Waals surface area contributed by atoms with Crippen LogP contribution in [-0.4, -0.2) is 52.9 Å². The van der Waals surface area contributed by atoms with Gasteiger partial charge in [0.2, 0.25) is 11.6 Å². The van der Waals surface area contributed by atoms with Crippen LogP contribution in [0.1, 0.15) is 63.7 Å². The third kappa shape index (κ3) is 3.55. The normalized spacial score (nSPS) is 21.4. The number of para-hydroxylation sites is 1. The first-order chi connectivity index (χ1) is 14.2. The summed E-state index contributed by atoms with van der Waals surface area (Å²) in [5, 5.41) is 2.79. The number of hydrogen-bond donors (Lipinski definition) is 1. The zero-order valence-electron chi connectivity index (χ0n) is 17.9. The third-order valence-corrected chi connectivity index (χ3v) is 5.61. The number of carbonyl (C=O) groups is 4. The fraction of sp³-hybridized carbons (Fsp3) is 0.545. The molecule has 0 unspecified atom stereocenters. The first-order valence-corrected chi connectivity index (χ1v) is 10.5. The molecule has 1 aromatic rings. The number of carbonyl (C=O) groups excluding carboxylic acids is 4. The molecule has 1 saturated heterocycles. The van der Waals surface area contributed by atoms with E-state index < -0.39 is 24.1 Å². The molecule has 30 heavy (non-hydrogen) atoms. The molecule has 2 atom stereocenters. The topological polar surface area (TPSA) is 96.0 Å². The van der Waals surface area contributed by atoms with E-state index in [4.69, 9.17) is 4.74 Å². The Balaban J connectivity index is 1.92. The average molecular weight is 415 g/mol. The lowest BCUT2D eigenvalue weighted by Gasteiger charge is -2.50. The molecular formula is C22H29N3O5. The first-order valence-electron chi connectivity index (χ1n) is 10.5. The van der Waals surface area contributed by atoms with Gasteiger partial charge in [-0.15, -0.1) is 0 Å².